The molecule has 0 saturated carbocycles. The van der Waals surface area contributed by atoms with Crippen LogP contribution in [0.15, 0.2) is 42.5 Å². The first-order valence-electron chi connectivity index (χ1n) is 9.20. The Labute approximate surface area is 165 Å². The number of Topliss-reactive ketones (excluding diaryl/α,β-unsaturated/α-hetero) is 1. The number of amides is 3. The lowest BCUT2D eigenvalue weighted by Crippen LogP contribution is -2.40. The molecule has 0 radical (unpaired) electrons. The lowest BCUT2D eigenvalue weighted by atomic mass is 9.86. The van der Waals surface area contributed by atoms with E-state index in [0.29, 0.717) is 6.42 Å². The van der Waals surface area contributed by atoms with Gasteiger partial charge in [0, 0.05) is 27.2 Å². The molecule has 3 amide bonds. The summed E-state index contributed by atoms with van der Waals surface area (Å²) in [6.07, 6.45) is 0.344. The Kier molecular flexibility index (Phi) is 7.09. The molecule has 1 aliphatic heterocycles. The molecule has 0 aliphatic carbocycles. The molecule has 28 heavy (non-hydrogen) atoms. The Morgan fingerprint density at radius 2 is 1.86 bits per heavy atom. The molecule has 1 heterocycles. The molecule has 1 saturated heterocycles. The number of likely N-dealkylation sites (N-methyl/N-ethyl adjacent to an activating group) is 1. The SMILES string of the molecule is C=C(C)CNC(=O)C(=O)[C@@H]1CN(CC(=O)N(C)C)C(=O)[C@H]1Cc1ccccc1. The lowest BCUT2D eigenvalue weighted by molar-refractivity contribution is -0.141. The van der Waals surface area contributed by atoms with Gasteiger partial charge in [-0.25, -0.2) is 0 Å². The average molecular weight is 385 g/mol. The van der Waals surface area contributed by atoms with Gasteiger partial charge in [0.05, 0.1) is 18.4 Å². The molecule has 1 aromatic carbocycles. The molecule has 150 valence electrons. The topological polar surface area (TPSA) is 86.8 Å². The quantitative estimate of drug-likeness (QED) is 0.526. The highest BCUT2D eigenvalue weighted by Gasteiger charge is 2.46. The number of rotatable bonds is 8. The van der Waals surface area contributed by atoms with Gasteiger partial charge in [0.25, 0.3) is 5.91 Å². The molecule has 0 spiro atoms. The van der Waals surface area contributed by atoms with E-state index in [9.17, 15) is 19.2 Å². The smallest absolute Gasteiger partial charge is 0.288 e. The minimum absolute atomic E-state index is 0.0647. The Morgan fingerprint density at radius 1 is 1.21 bits per heavy atom. The van der Waals surface area contributed by atoms with Crippen molar-refractivity contribution >= 4 is 23.5 Å². The van der Waals surface area contributed by atoms with Crippen molar-refractivity contribution < 1.29 is 19.2 Å². The average Bonchev–Trinajstić information content (AvgIpc) is 2.95. The van der Waals surface area contributed by atoms with Gasteiger partial charge in [-0.15, -0.1) is 0 Å². The summed E-state index contributed by atoms with van der Waals surface area (Å²) in [6, 6.07) is 9.35. The van der Waals surface area contributed by atoms with Gasteiger partial charge < -0.3 is 15.1 Å². The van der Waals surface area contributed by atoms with E-state index in [1.807, 2.05) is 30.3 Å². The second-order valence-electron chi connectivity index (χ2n) is 7.41. The number of nitrogens with one attached hydrogen (secondary N) is 1. The number of benzene rings is 1. The molecule has 1 N–H and O–H groups in total. The van der Waals surface area contributed by atoms with Crippen molar-refractivity contribution in [3.63, 3.8) is 0 Å². The molecular formula is C21H27N3O4. The maximum atomic E-state index is 12.9. The molecule has 1 aromatic rings. The first kappa shape index (κ1) is 21.3. The second kappa shape index (κ2) is 9.30. The van der Waals surface area contributed by atoms with E-state index in [2.05, 4.69) is 11.9 Å². The highest BCUT2D eigenvalue weighted by Crippen LogP contribution is 2.29. The van der Waals surface area contributed by atoms with Crippen molar-refractivity contribution in [3.05, 3.63) is 48.0 Å². The molecule has 1 fully saturated rings. The van der Waals surface area contributed by atoms with Crippen LogP contribution in [0.2, 0.25) is 0 Å². The zero-order chi connectivity index (χ0) is 20.8. The summed E-state index contributed by atoms with van der Waals surface area (Å²) in [5.41, 5.74) is 1.63. The Balaban J connectivity index is 2.21. The number of hydrogen-bond acceptors (Lipinski definition) is 4. The summed E-state index contributed by atoms with van der Waals surface area (Å²) >= 11 is 0. The molecule has 0 unspecified atom stereocenters. The van der Waals surface area contributed by atoms with Crippen LogP contribution < -0.4 is 5.32 Å². The van der Waals surface area contributed by atoms with Crippen molar-refractivity contribution in [1.29, 1.82) is 0 Å². The summed E-state index contributed by atoms with van der Waals surface area (Å²) in [5.74, 6) is -3.31. The van der Waals surface area contributed by atoms with Crippen LogP contribution in [0, 0.1) is 11.8 Å². The van der Waals surface area contributed by atoms with Crippen molar-refractivity contribution in [3.8, 4) is 0 Å². The van der Waals surface area contributed by atoms with Crippen LogP contribution in [0.4, 0.5) is 0 Å². The number of hydrogen-bond donors (Lipinski definition) is 1. The molecule has 1 aliphatic rings. The maximum Gasteiger partial charge on any atom is 0.288 e. The maximum absolute atomic E-state index is 12.9. The van der Waals surface area contributed by atoms with Crippen molar-refractivity contribution in [1.82, 2.24) is 15.1 Å². The van der Waals surface area contributed by atoms with Crippen LogP contribution in [0.5, 0.6) is 0 Å². The summed E-state index contributed by atoms with van der Waals surface area (Å²) < 4.78 is 0. The summed E-state index contributed by atoms with van der Waals surface area (Å²) in [7, 11) is 3.22. The molecule has 2 rings (SSSR count). The zero-order valence-corrected chi connectivity index (χ0v) is 16.6. The van der Waals surface area contributed by atoms with E-state index in [0.717, 1.165) is 11.1 Å². The van der Waals surface area contributed by atoms with Crippen LogP contribution in [0.1, 0.15) is 12.5 Å². The fraction of sp³-hybridized carbons (Fsp3) is 0.429. The Morgan fingerprint density at radius 3 is 2.43 bits per heavy atom. The minimum Gasteiger partial charge on any atom is -0.347 e. The normalized spacial score (nSPS) is 18.7. The van der Waals surface area contributed by atoms with Gasteiger partial charge in [-0.3, -0.25) is 19.2 Å². The van der Waals surface area contributed by atoms with E-state index in [-0.39, 0.29) is 31.4 Å². The molecule has 7 heteroatoms. The number of ketones is 1. The van der Waals surface area contributed by atoms with E-state index in [4.69, 9.17) is 0 Å². The van der Waals surface area contributed by atoms with Crippen LogP contribution in [0.25, 0.3) is 0 Å². The Bertz CT molecular complexity index is 773. The number of carbonyl (C=O) groups excluding carboxylic acids is 4. The van der Waals surface area contributed by atoms with E-state index >= 15 is 0 Å². The van der Waals surface area contributed by atoms with Crippen molar-refractivity contribution in [2.45, 2.75) is 13.3 Å². The standard InChI is InChI=1S/C21H27N3O4/c1-14(2)11-22-20(27)19(26)17-12-24(13-18(25)23(3)4)21(28)16(17)10-15-8-6-5-7-9-15/h5-9,16-17H,1,10-13H2,2-4H3,(H,22,27)/t16-,17+/m0/s1. The van der Waals surface area contributed by atoms with E-state index in [1.165, 1.54) is 9.80 Å². The van der Waals surface area contributed by atoms with Crippen LogP contribution in [-0.2, 0) is 25.6 Å². The predicted octanol–water partition coefficient (Wildman–Crippen LogP) is 0.653. The zero-order valence-electron chi connectivity index (χ0n) is 16.6. The number of likely N-dealkylation sites (tertiary alicyclic amines) is 1. The van der Waals surface area contributed by atoms with E-state index in [1.54, 1.807) is 21.0 Å². The van der Waals surface area contributed by atoms with Gasteiger partial charge in [0.1, 0.15) is 0 Å². The largest absolute Gasteiger partial charge is 0.347 e. The van der Waals surface area contributed by atoms with Gasteiger partial charge in [0.15, 0.2) is 0 Å². The second-order valence-corrected chi connectivity index (χ2v) is 7.41. The highest BCUT2D eigenvalue weighted by atomic mass is 16.2. The molecule has 0 aromatic heterocycles. The lowest BCUT2D eigenvalue weighted by Gasteiger charge is -2.18. The predicted molar refractivity (Wildman–Crippen MR) is 105 cm³/mol. The van der Waals surface area contributed by atoms with Crippen molar-refractivity contribution in [2.24, 2.45) is 11.8 Å². The Hall–Kier alpha value is -2.96. The first-order chi connectivity index (χ1) is 13.2. The van der Waals surface area contributed by atoms with Crippen LogP contribution in [0.3, 0.4) is 0 Å². The number of nitrogens with zero attached hydrogens (tertiary/aromatic N) is 2. The third-order valence-electron chi connectivity index (χ3n) is 4.77. The van der Waals surface area contributed by atoms with Crippen molar-refractivity contribution in [2.75, 3.05) is 33.7 Å². The van der Waals surface area contributed by atoms with Crippen LogP contribution in [-0.4, -0.2) is 67.0 Å². The van der Waals surface area contributed by atoms with Gasteiger partial charge in [-0.1, -0.05) is 42.5 Å². The summed E-state index contributed by atoms with van der Waals surface area (Å²) in [4.78, 5) is 52.8. The fourth-order valence-corrected chi connectivity index (χ4v) is 3.16. The van der Waals surface area contributed by atoms with Gasteiger partial charge in [0.2, 0.25) is 17.6 Å². The molecule has 0 bridgehead atoms. The number of carbonyl (C=O) groups is 4. The van der Waals surface area contributed by atoms with Gasteiger partial charge in [-0.2, -0.15) is 0 Å². The summed E-state index contributed by atoms with van der Waals surface area (Å²) in [6.45, 7) is 5.61. The fourth-order valence-electron chi connectivity index (χ4n) is 3.16. The van der Waals surface area contributed by atoms with E-state index < -0.39 is 23.5 Å². The van der Waals surface area contributed by atoms with Gasteiger partial charge >= 0.3 is 0 Å². The third kappa shape index (κ3) is 5.28. The third-order valence-corrected chi connectivity index (χ3v) is 4.77. The van der Waals surface area contributed by atoms with Crippen LogP contribution >= 0.6 is 0 Å². The highest BCUT2D eigenvalue weighted by molar-refractivity contribution is 6.37. The molecule has 2 atom stereocenters. The molecule has 7 nitrogen and oxygen atoms in total. The summed E-state index contributed by atoms with van der Waals surface area (Å²) in [5, 5.41) is 2.54. The monoisotopic (exact) mass is 385 g/mol. The first-order valence-corrected chi connectivity index (χ1v) is 9.20. The minimum atomic E-state index is -0.784. The van der Waals surface area contributed by atoms with Gasteiger partial charge in [-0.05, 0) is 18.9 Å². The molecular weight excluding hydrogens is 358 g/mol.